The van der Waals surface area contributed by atoms with Gasteiger partial charge in [0.05, 0.1) is 18.9 Å². The van der Waals surface area contributed by atoms with Crippen LogP contribution in [-0.4, -0.2) is 29.4 Å². The predicted octanol–water partition coefficient (Wildman–Crippen LogP) is 4.39. The molecule has 1 saturated heterocycles. The van der Waals surface area contributed by atoms with Gasteiger partial charge >= 0.3 is 0 Å². The SMILES string of the molecule is COc1ccccc1C(=O)N1CCCC1c1ncc(Cc2cccc(F)c2)o1. The first-order valence-electron chi connectivity index (χ1n) is 9.28. The van der Waals surface area contributed by atoms with E-state index in [1.807, 2.05) is 18.2 Å². The van der Waals surface area contributed by atoms with Gasteiger partial charge in [-0.1, -0.05) is 24.3 Å². The molecule has 0 saturated carbocycles. The number of aromatic nitrogens is 1. The van der Waals surface area contributed by atoms with E-state index >= 15 is 0 Å². The number of para-hydroxylation sites is 1. The number of hydrogen-bond acceptors (Lipinski definition) is 4. The smallest absolute Gasteiger partial charge is 0.258 e. The van der Waals surface area contributed by atoms with Gasteiger partial charge in [0.1, 0.15) is 23.4 Å². The average Bonchev–Trinajstić information content (AvgIpc) is 3.36. The van der Waals surface area contributed by atoms with Gasteiger partial charge in [-0.15, -0.1) is 0 Å². The Morgan fingerprint density at radius 3 is 2.96 bits per heavy atom. The molecule has 1 fully saturated rings. The van der Waals surface area contributed by atoms with Crippen LogP contribution in [0, 0.1) is 5.82 Å². The van der Waals surface area contributed by atoms with Crippen LogP contribution in [0.3, 0.4) is 0 Å². The average molecular weight is 380 g/mol. The van der Waals surface area contributed by atoms with Crippen molar-refractivity contribution in [2.24, 2.45) is 0 Å². The fourth-order valence-corrected chi connectivity index (χ4v) is 3.65. The summed E-state index contributed by atoms with van der Waals surface area (Å²) in [6.07, 6.45) is 3.79. The van der Waals surface area contributed by atoms with Crippen LogP contribution in [0.2, 0.25) is 0 Å². The largest absolute Gasteiger partial charge is 0.496 e. The van der Waals surface area contributed by atoms with Crippen LogP contribution in [0.25, 0.3) is 0 Å². The topological polar surface area (TPSA) is 55.6 Å². The zero-order chi connectivity index (χ0) is 19.5. The van der Waals surface area contributed by atoms with Gasteiger partial charge in [0.15, 0.2) is 0 Å². The van der Waals surface area contributed by atoms with Crippen LogP contribution in [0.5, 0.6) is 5.75 Å². The van der Waals surface area contributed by atoms with Crippen LogP contribution >= 0.6 is 0 Å². The third-order valence-electron chi connectivity index (χ3n) is 4.97. The van der Waals surface area contributed by atoms with E-state index in [1.165, 1.54) is 12.1 Å². The Morgan fingerprint density at radius 1 is 1.29 bits per heavy atom. The Bertz CT molecular complexity index is 985. The normalized spacial score (nSPS) is 16.4. The maximum Gasteiger partial charge on any atom is 0.258 e. The first kappa shape index (κ1) is 18.2. The van der Waals surface area contributed by atoms with Gasteiger partial charge in [-0.25, -0.2) is 9.37 Å². The molecule has 1 aromatic heterocycles. The number of methoxy groups -OCH3 is 1. The Morgan fingerprint density at radius 2 is 2.14 bits per heavy atom. The maximum absolute atomic E-state index is 13.4. The molecule has 0 N–H and O–H groups in total. The van der Waals surface area contributed by atoms with Crippen molar-refractivity contribution in [1.29, 1.82) is 0 Å². The first-order valence-corrected chi connectivity index (χ1v) is 9.28. The zero-order valence-electron chi connectivity index (χ0n) is 15.6. The minimum absolute atomic E-state index is 0.0927. The van der Waals surface area contributed by atoms with Crippen LogP contribution in [0.15, 0.2) is 59.1 Å². The number of carbonyl (C=O) groups excluding carboxylic acids is 1. The van der Waals surface area contributed by atoms with E-state index in [1.54, 1.807) is 36.4 Å². The second-order valence-corrected chi connectivity index (χ2v) is 6.83. The molecule has 3 aromatic rings. The van der Waals surface area contributed by atoms with Crippen molar-refractivity contribution in [3.63, 3.8) is 0 Å². The Kier molecular flexibility index (Phi) is 5.10. The molecule has 144 valence electrons. The molecule has 1 aliphatic rings. The summed E-state index contributed by atoms with van der Waals surface area (Å²) in [5, 5.41) is 0. The summed E-state index contributed by atoms with van der Waals surface area (Å²) in [6.45, 7) is 0.642. The molecule has 2 heterocycles. The van der Waals surface area contributed by atoms with Crippen LogP contribution in [0.1, 0.15) is 46.5 Å². The lowest BCUT2D eigenvalue weighted by molar-refractivity contribution is 0.0711. The summed E-state index contributed by atoms with van der Waals surface area (Å²) in [5.41, 5.74) is 1.35. The number of carbonyl (C=O) groups is 1. The van der Waals surface area contributed by atoms with Crippen molar-refractivity contribution in [3.05, 3.63) is 83.3 Å². The number of benzene rings is 2. The van der Waals surface area contributed by atoms with Gasteiger partial charge in [0.2, 0.25) is 5.89 Å². The molecule has 0 aliphatic carbocycles. The molecule has 1 amide bonds. The van der Waals surface area contributed by atoms with Crippen molar-refractivity contribution in [2.75, 3.05) is 13.7 Å². The standard InChI is InChI=1S/C22H21FN2O3/c1-27-20-10-3-2-8-18(20)22(26)25-11-5-9-19(25)21-24-14-17(28-21)13-15-6-4-7-16(23)12-15/h2-4,6-8,10,12,14,19H,5,9,11,13H2,1H3. The summed E-state index contributed by atoms with van der Waals surface area (Å²) in [6, 6.07) is 13.4. The van der Waals surface area contributed by atoms with Crippen molar-refractivity contribution < 1.29 is 18.3 Å². The molecule has 28 heavy (non-hydrogen) atoms. The fraction of sp³-hybridized carbons (Fsp3) is 0.273. The minimum Gasteiger partial charge on any atom is -0.496 e. The van der Waals surface area contributed by atoms with Gasteiger partial charge in [0.25, 0.3) is 5.91 Å². The molecule has 1 atom stereocenters. The molecule has 5 nitrogen and oxygen atoms in total. The lowest BCUT2D eigenvalue weighted by atomic mass is 10.1. The Labute approximate surface area is 162 Å². The number of ether oxygens (including phenoxy) is 1. The molecular formula is C22H21FN2O3. The number of amides is 1. The maximum atomic E-state index is 13.4. The summed E-state index contributed by atoms with van der Waals surface area (Å²) >= 11 is 0. The molecule has 6 heteroatoms. The highest BCUT2D eigenvalue weighted by molar-refractivity contribution is 5.97. The van der Waals surface area contributed by atoms with E-state index in [2.05, 4.69) is 4.98 Å². The number of nitrogens with zero attached hydrogens (tertiary/aromatic N) is 2. The van der Waals surface area contributed by atoms with E-state index in [-0.39, 0.29) is 17.8 Å². The number of rotatable bonds is 5. The van der Waals surface area contributed by atoms with E-state index < -0.39 is 0 Å². The number of oxazole rings is 1. The molecule has 0 bridgehead atoms. The fourth-order valence-electron chi connectivity index (χ4n) is 3.65. The molecule has 2 aromatic carbocycles. The molecule has 0 radical (unpaired) electrons. The van der Waals surface area contributed by atoms with Crippen molar-refractivity contribution in [1.82, 2.24) is 9.88 Å². The van der Waals surface area contributed by atoms with E-state index in [9.17, 15) is 9.18 Å². The summed E-state index contributed by atoms with van der Waals surface area (Å²) in [5.74, 6) is 1.35. The Hall–Kier alpha value is -3.15. The van der Waals surface area contributed by atoms with Gasteiger partial charge in [-0.05, 0) is 42.7 Å². The van der Waals surface area contributed by atoms with Crippen LogP contribution in [-0.2, 0) is 6.42 Å². The van der Waals surface area contributed by atoms with Crippen molar-refractivity contribution >= 4 is 5.91 Å². The highest BCUT2D eigenvalue weighted by Gasteiger charge is 2.34. The quantitative estimate of drug-likeness (QED) is 0.659. The lowest BCUT2D eigenvalue weighted by Gasteiger charge is -2.23. The third kappa shape index (κ3) is 3.63. The summed E-state index contributed by atoms with van der Waals surface area (Å²) < 4.78 is 24.6. The van der Waals surface area contributed by atoms with E-state index in [0.29, 0.717) is 35.9 Å². The second kappa shape index (κ2) is 7.84. The second-order valence-electron chi connectivity index (χ2n) is 6.83. The molecule has 1 aliphatic heterocycles. The van der Waals surface area contributed by atoms with Crippen molar-refractivity contribution in [3.8, 4) is 5.75 Å². The minimum atomic E-state index is -0.276. The van der Waals surface area contributed by atoms with Crippen molar-refractivity contribution in [2.45, 2.75) is 25.3 Å². The third-order valence-corrected chi connectivity index (χ3v) is 4.97. The monoisotopic (exact) mass is 380 g/mol. The zero-order valence-corrected chi connectivity index (χ0v) is 15.6. The van der Waals surface area contributed by atoms with Crippen LogP contribution < -0.4 is 4.74 Å². The van der Waals surface area contributed by atoms with Gasteiger partial charge in [-0.2, -0.15) is 0 Å². The summed E-state index contributed by atoms with van der Waals surface area (Å²) in [7, 11) is 1.56. The van der Waals surface area contributed by atoms with Gasteiger partial charge < -0.3 is 14.1 Å². The highest BCUT2D eigenvalue weighted by atomic mass is 19.1. The number of likely N-dealkylation sites (tertiary alicyclic amines) is 1. The van der Waals surface area contributed by atoms with Crippen LogP contribution in [0.4, 0.5) is 4.39 Å². The molecular weight excluding hydrogens is 359 g/mol. The number of hydrogen-bond donors (Lipinski definition) is 0. The van der Waals surface area contributed by atoms with E-state index in [0.717, 1.165) is 18.4 Å². The molecule has 0 spiro atoms. The molecule has 1 unspecified atom stereocenters. The first-order chi connectivity index (χ1) is 13.7. The lowest BCUT2D eigenvalue weighted by Crippen LogP contribution is -2.31. The summed E-state index contributed by atoms with van der Waals surface area (Å²) in [4.78, 5) is 19.3. The van der Waals surface area contributed by atoms with Gasteiger partial charge in [0, 0.05) is 13.0 Å². The highest BCUT2D eigenvalue weighted by Crippen LogP contribution is 2.34. The van der Waals surface area contributed by atoms with E-state index in [4.69, 9.17) is 9.15 Å². The number of halogens is 1. The molecule has 4 rings (SSSR count). The Balaban J connectivity index is 1.54. The van der Waals surface area contributed by atoms with Gasteiger partial charge in [-0.3, -0.25) is 4.79 Å². The predicted molar refractivity (Wildman–Crippen MR) is 102 cm³/mol.